The van der Waals surface area contributed by atoms with E-state index < -0.39 is 0 Å². The van der Waals surface area contributed by atoms with E-state index in [9.17, 15) is 14.0 Å². The minimum atomic E-state index is -0.218. The summed E-state index contributed by atoms with van der Waals surface area (Å²) in [6.45, 7) is 3.02. The van der Waals surface area contributed by atoms with Crippen molar-refractivity contribution < 1.29 is 14.0 Å². The Bertz CT molecular complexity index is 831. The van der Waals surface area contributed by atoms with Gasteiger partial charge in [-0.3, -0.25) is 14.5 Å². The molecule has 0 atom stereocenters. The number of benzene rings is 2. The van der Waals surface area contributed by atoms with Gasteiger partial charge >= 0.3 is 0 Å². The largest absolute Gasteiger partial charge is 0.367 e. The first-order chi connectivity index (χ1) is 13.4. The van der Waals surface area contributed by atoms with Crippen LogP contribution in [0.4, 0.5) is 15.8 Å². The van der Waals surface area contributed by atoms with Crippen LogP contribution in [0.1, 0.15) is 10.4 Å². The molecular formula is C21H25FN4O2. The van der Waals surface area contributed by atoms with Gasteiger partial charge < -0.3 is 15.1 Å². The number of hydrogen-bond acceptors (Lipinski definition) is 4. The van der Waals surface area contributed by atoms with Crippen molar-refractivity contribution >= 4 is 23.2 Å². The molecule has 1 fully saturated rings. The molecule has 3 rings (SSSR count). The third kappa shape index (κ3) is 4.86. The molecule has 1 N–H and O–H groups in total. The molecule has 148 valence electrons. The van der Waals surface area contributed by atoms with Crippen molar-refractivity contribution in [3.63, 3.8) is 0 Å². The summed E-state index contributed by atoms with van der Waals surface area (Å²) in [4.78, 5) is 29.8. The van der Waals surface area contributed by atoms with Gasteiger partial charge in [0, 0.05) is 51.5 Å². The smallest absolute Gasteiger partial charge is 0.253 e. The quantitative estimate of drug-likeness (QED) is 0.860. The van der Waals surface area contributed by atoms with Crippen LogP contribution in [-0.2, 0) is 4.79 Å². The minimum Gasteiger partial charge on any atom is -0.367 e. The lowest BCUT2D eigenvalue weighted by Gasteiger charge is -2.35. The number of carbonyl (C=O) groups is 2. The predicted octanol–water partition coefficient (Wildman–Crippen LogP) is 2.29. The van der Waals surface area contributed by atoms with Crippen molar-refractivity contribution in [2.75, 3.05) is 57.0 Å². The van der Waals surface area contributed by atoms with Crippen LogP contribution in [0.3, 0.4) is 0 Å². The molecule has 1 saturated heterocycles. The average molecular weight is 384 g/mol. The van der Waals surface area contributed by atoms with Crippen LogP contribution in [0.5, 0.6) is 0 Å². The molecule has 7 heteroatoms. The van der Waals surface area contributed by atoms with Crippen LogP contribution in [0, 0.1) is 5.82 Å². The maximum absolute atomic E-state index is 13.9. The highest BCUT2D eigenvalue weighted by molar-refractivity contribution is 5.96. The molecule has 0 spiro atoms. The van der Waals surface area contributed by atoms with E-state index in [0.717, 1.165) is 0 Å². The van der Waals surface area contributed by atoms with Crippen molar-refractivity contribution in [3.8, 4) is 0 Å². The topological polar surface area (TPSA) is 55.9 Å². The zero-order chi connectivity index (χ0) is 20.1. The molecule has 1 aliphatic rings. The maximum Gasteiger partial charge on any atom is 0.253 e. The van der Waals surface area contributed by atoms with E-state index >= 15 is 0 Å². The Morgan fingerprint density at radius 3 is 2.25 bits per heavy atom. The van der Waals surface area contributed by atoms with Gasteiger partial charge in [0.15, 0.2) is 0 Å². The molecule has 1 heterocycles. The van der Waals surface area contributed by atoms with Crippen molar-refractivity contribution in [2.45, 2.75) is 0 Å². The lowest BCUT2D eigenvalue weighted by Crippen LogP contribution is -2.48. The Labute approximate surface area is 164 Å². The monoisotopic (exact) mass is 384 g/mol. The lowest BCUT2D eigenvalue weighted by atomic mass is 10.2. The molecule has 6 nitrogen and oxygen atoms in total. The zero-order valence-corrected chi connectivity index (χ0v) is 16.2. The van der Waals surface area contributed by atoms with Gasteiger partial charge in [-0.15, -0.1) is 0 Å². The Kier molecular flexibility index (Phi) is 6.26. The van der Waals surface area contributed by atoms with Gasteiger partial charge in [-0.1, -0.05) is 12.1 Å². The number of anilines is 2. The standard InChI is InChI=1S/C21H25FN4O2/c1-24(2)21(28)16-7-9-17(10-8-16)23-20(27)15-25-11-13-26(14-12-25)19-6-4-3-5-18(19)22/h3-10H,11-15H2,1-2H3,(H,23,27). The number of nitrogens with zero attached hydrogens (tertiary/aromatic N) is 3. The van der Waals surface area contributed by atoms with Gasteiger partial charge in [-0.2, -0.15) is 0 Å². The van der Waals surface area contributed by atoms with Crippen molar-refractivity contribution in [1.29, 1.82) is 0 Å². The molecule has 0 aliphatic carbocycles. The zero-order valence-electron chi connectivity index (χ0n) is 16.2. The summed E-state index contributed by atoms with van der Waals surface area (Å²) in [5.74, 6) is -0.401. The first kappa shape index (κ1) is 19.8. The van der Waals surface area contributed by atoms with Gasteiger partial charge in [-0.05, 0) is 36.4 Å². The van der Waals surface area contributed by atoms with Crippen molar-refractivity contribution in [3.05, 3.63) is 59.9 Å². The molecule has 2 aromatic carbocycles. The minimum absolute atomic E-state index is 0.0781. The second kappa shape index (κ2) is 8.84. The maximum atomic E-state index is 13.9. The molecule has 0 bridgehead atoms. The number of para-hydroxylation sites is 1. The molecule has 2 aromatic rings. The van der Waals surface area contributed by atoms with Crippen molar-refractivity contribution in [1.82, 2.24) is 9.80 Å². The fourth-order valence-corrected chi connectivity index (χ4v) is 3.21. The number of amides is 2. The van der Waals surface area contributed by atoms with Crippen LogP contribution >= 0.6 is 0 Å². The van der Waals surface area contributed by atoms with E-state index in [4.69, 9.17) is 0 Å². The Balaban J connectivity index is 1.48. The van der Waals surface area contributed by atoms with E-state index in [2.05, 4.69) is 10.2 Å². The highest BCUT2D eigenvalue weighted by atomic mass is 19.1. The Morgan fingerprint density at radius 1 is 1.00 bits per heavy atom. The number of piperazine rings is 1. The highest BCUT2D eigenvalue weighted by Crippen LogP contribution is 2.20. The summed E-state index contributed by atoms with van der Waals surface area (Å²) in [6.07, 6.45) is 0. The van der Waals surface area contributed by atoms with E-state index in [1.54, 1.807) is 50.5 Å². The number of halogens is 1. The number of hydrogen-bond donors (Lipinski definition) is 1. The van der Waals surface area contributed by atoms with E-state index in [-0.39, 0.29) is 24.2 Å². The summed E-state index contributed by atoms with van der Waals surface area (Å²) in [6, 6.07) is 13.6. The molecule has 0 radical (unpaired) electrons. The average Bonchev–Trinajstić information content (AvgIpc) is 2.69. The summed E-state index contributed by atoms with van der Waals surface area (Å²) >= 11 is 0. The molecule has 2 amide bonds. The predicted molar refractivity (Wildman–Crippen MR) is 108 cm³/mol. The van der Waals surface area contributed by atoms with Gasteiger partial charge in [0.25, 0.3) is 5.91 Å². The van der Waals surface area contributed by atoms with Crippen molar-refractivity contribution in [2.24, 2.45) is 0 Å². The van der Waals surface area contributed by atoms with E-state index in [0.29, 0.717) is 43.1 Å². The molecule has 0 saturated carbocycles. The van der Waals surface area contributed by atoms with Crippen LogP contribution in [0.15, 0.2) is 48.5 Å². The molecule has 1 aliphatic heterocycles. The fourth-order valence-electron chi connectivity index (χ4n) is 3.21. The Morgan fingerprint density at radius 2 is 1.64 bits per heavy atom. The lowest BCUT2D eigenvalue weighted by molar-refractivity contribution is -0.117. The number of rotatable bonds is 5. The first-order valence-corrected chi connectivity index (χ1v) is 9.27. The first-order valence-electron chi connectivity index (χ1n) is 9.27. The van der Waals surface area contributed by atoms with Gasteiger partial charge in [0.1, 0.15) is 5.82 Å². The van der Waals surface area contributed by atoms with Crippen LogP contribution in [-0.4, -0.2) is 68.4 Å². The molecule has 0 unspecified atom stereocenters. The van der Waals surface area contributed by atoms with E-state index in [1.807, 2.05) is 11.0 Å². The highest BCUT2D eigenvalue weighted by Gasteiger charge is 2.21. The molecular weight excluding hydrogens is 359 g/mol. The number of carbonyl (C=O) groups excluding carboxylic acids is 2. The van der Waals surface area contributed by atoms with Crippen LogP contribution in [0.2, 0.25) is 0 Å². The second-order valence-corrected chi connectivity index (χ2v) is 7.04. The van der Waals surface area contributed by atoms with Crippen LogP contribution < -0.4 is 10.2 Å². The third-order valence-electron chi connectivity index (χ3n) is 4.75. The fraction of sp³-hybridized carbons (Fsp3) is 0.333. The number of nitrogens with one attached hydrogen (secondary N) is 1. The molecule has 0 aromatic heterocycles. The summed E-state index contributed by atoms with van der Waals surface area (Å²) in [7, 11) is 3.40. The Hall–Kier alpha value is -2.93. The van der Waals surface area contributed by atoms with E-state index in [1.165, 1.54) is 11.0 Å². The van der Waals surface area contributed by atoms with Gasteiger partial charge in [-0.25, -0.2) is 4.39 Å². The van der Waals surface area contributed by atoms with Gasteiger partial charge in [0.05, 0.1) is 12.2 Å². The normalized spacial score (nSPS) is 14.6. The van der Waals surface area contributed by atoms with Gasteiger partial charge in [0.2, 0.25) is 5.91 Å². The summed E-state index contributed by atoms with van der Waals surface area (Å²) in [5, 5.41) is 2.86. The SMILES string of the molecule is CN(C)C(=O)c1ccc(NC(=O)CN2CCN(c3ccccc3F)CC2)cc1. The second-order valence-electron chi connectivity index (χ2n) is 7.04. The summed E-state index contributed by atoms with van der Waals surface area (Å²) in [5.41, 5.74) is 1.84. The van der Waals surface area contributed by atoms with Crippen LogP contribution in [0.25, 0.3) is 0 Å². The third-order valence-corrected chi connectivity index (χ3v) is 4.75. The molecule has 28 heavy (non-hydrogen) atoms. The summed E-state index contributed by atoms with van der Waals surface area (Å²) < 4.78 is 13.9.